The minimum atomic E-state index is -0.110. The Labute approximate surface area is 151 Å². The van der Waals surface area contributed by atoms with Crippen LogP contribution in [-0.2, 0) is 7.05 Å². The van der Waals surface area contributed by atoms with Crippen LogP contribution in [0.1, 0.15) is 20.8 Å². The highest BCUT2D eigenvalue weighted by molar-refractivity contribution is 5.94. The highest BCUT2D eigenvalue weighted by atomic mass is 16.2. The molecular formula is C18H22N6O2. The van der Waals surface area contributed by atoms with Gasteiger partial charge in [-0.05, 0) is 23.8 Å². The molecule has 0 radical (unpaired) electrons. The number of nitrogens with zero attached hydrogens (tertiary/aromatic N) is 4. The number of rotatable bonds is 5. The van der Waals surface area contributed by atoms with Crippen molar-refractivity contribution in [2.45, 2.75) is 0 Å². The van der Waals surface area contributed by atoms with E-state index in [0.29, 0.717) is 35.6 Å². The van der Waals surface area contributed by atoms with Gasteiger partial charge in [-0.25, -0.2) is 4.98 Å². The molecule has 26 heavy (non-hydrogen) atoms. The maximum Gasteiger partial charge on any atom is 0.274 e. The molecule has 0 bridgehead atoms. The predicted molar refractivity (Wildman–Crippen MR) is 95.7 cm³/mol. The number of pyridine rings is 1. The molecule has 2 fully saturated rings. The summed E-state index contributed by atoms with van der Waals surface area (Å²) < 4.78 is 1.78. The highest BCUT2D eigenvalue weighted by Crippen LogP contribution is 2.51. The van der Waals surface area contributed by atoms with Gasteiger partial charge in [-0.1, -0.05) is 0 Å². The van der Waals surface area contributed by atoms with E-state index in [9.17, 15) is 9.59 Å². The molecule has 0 aromatic carbocycles. The Morgan fingerprint density at radius 2 is 2.04 bits per heavy atom. The number of hydrogen-bond acceptors (Lipinski definition) is 5. The van der Waals surface area contributed by atoms with E-state index in [4.69, 9.17) is 0 Å². The second-order valence-electron chi connectivity index (χ2n) is 7.05. The van der Waals surface area contributed by atoms with Crippen LogP contribution < -0.4 is 10.6 Å². The Bertz CT molecular complexity index is 836. The summed E-state index contributed by atoms with van der Waals surface area (Å²) in [5.74, 6) is 1.29. The molecule has 1 unspecified atom stereocenters. The summed E-state index contributed by atoms with van der Waals surface area (Å²) in [6.07, 6.45) is 6.63. The lowest BCUT2D eigenvalue weighted by molar-refractivity contribution is 0.0759. The van der Waals surface area contributed by atoms with Crippen molar-refractivity contribution in [3.05, 3.63) is 42.2 Å². The first-order valence-corrected chi connectivity index (χ1v) is 8.75. The lowest BCUT2D eigenvalue weighted by Gasteiger charge is -2.19. The van der Waals surface area contributed by atoms with Crippen LogP contribution in [0.25, 0.3) is 0 Å². The molecule has 1 saturated heterocycles. The van der Waals surface area contributed by atoms with Gasteiger partial charge in [-0.15, -0.1) is 0 Å². The van der Waals surface area contributed by atoms with Crippen molar-refractivity contribution in [2.75, 3.05) is 32.0 Å². The lowest BCUT2D eigenvalue weighted by atomic mass is 10.2. The second kappa shape index (κ2) is 6.44. The molecule has 2 aromatic rings. The minimum absolute atomic E-state index is 0.00413. The Morgan fingerprint density at radius 1 is 1.27 bits per heavy atom. The fourth-order valence-corrected chi connectivity index (χ4v) is 3.82. The molecule has 2 aromatic heterocycles. The third-order valence-corrected chi connectivity index (χ3v) is 5.37. The number of aryl methyl sites for hydroxylation is 1. The molecule has 136 valence electrons. The van der Waals surface area contributed by atoms with Gasteiger partial charge in [0.1, 0.15) is 5.69 Å². The maximum atomic E-state index is 12.4. The predicted octanol–water partition coefficient (Wildman–Crippen LogP) is 0.605. The molecule has 2 N–H and O–H groups in total. The van der Waals surface area contributed by atoms with Crippen LogP contribution in [0.3, 0.4) is 0 Å². The molecule has 1 aliphatic heterocycles. The van der Waals surface area contributed by atoms with E-state index in [1.54, 1.807) is 42.6 Å². The number of aromatic nitrogens is 3. The van der Waals surface area contributed by atoms with Gasteiger partial charge in [0.25, 0.3) is 11.8 Å². The van der Waals surface area contributed by atoms with Gasteiger partial charge in [0.05, 0.1) is 17.6 Å². The summed E-state index contributed by atoms with van der Waals surface area (Å²) in [5.41, 5.74) is 1.86. The van der Waals surface area contributed by atoms with E-state index >= 15 is 0 Å². The number of anilines is 1. The van der Waals surface area contributed by atoms with Gasteiger partial charge in [0.15, 0.2) is 0 Å². The standard InChI is InChI=1S/C18H22N6O2/c1-19-12-3-11(4-20-5-12)17(25)21-6-13-14-7-24(8-15(13)14)18(26)16-9-23(2)10-22-16/h3-5,9-10,13-15,19H,6-8H2,1-2H3,(H,21,25)/t13?,14-,15+. The van der Waals surface area contributed by atoms with Gasteiger partial charge < -0.3 is 20.1 Å². The van der Waals surface area contributed by atoms with Gasteiger partial charge in [0, 0.05) is 52.3 Å². The molecule has 3 atom stereocenters. The van der Waals surface area contributed by atoms with Crippen LogP contribution in [-0.4, -0.2) is 57.9 Å². The van der Waals surface area contributed by atoms with Crippen LogP contribution in [0.4, 0.5) is 5.69 Å². The molecule has 2 aliphatic rings. The van der Waals surface area contributed by atoms with E-state index in [1.165, 1.54) is 0 Å². The summed E-state index contributed by atoms with van der Waals surface area (Å²) in [6, 6.07) is 1.78. The number of likely N-dealkylation sites (tertiary alicyclic amines) is 1. The third kappa shape index (κ3) is 3.02. The quantitative estimate of drug-likeness (QED) is 0.821. The SMILES string of the molecule is CNc1cncc(C(=O)NCC2[C@H]3CN(C(=O)c4cn(C)cn4)C[C@@H]23)c1. The van der Waals surface area contributed by atoms with Gasteiger partial charge in [0.2, 0.25) is 0 Å². The van der Waals surface area contributed by atoms with Gasteiger partial charge >= 0.3 is 0 Å². The number of fused-ring (bicyclic) bond motifs is 1. The van der Waals surface area contributed by atoms with E-state index in [2.05, 4.69) is 20.6 Å². The summed E-state index contributed by atoms with van der Waals surface area (Å²) in [4.78, 5) is 34.7. The molecular weight excluding hydrogens is 332 g/mol. The number of hydrogen-bond donors (Lipinski definition) is 2. The van der Waals surface area contributed by atoms with Crippen molar-refractivity contribution < 1.29 is 9.59 Å². The monoisotopic (exact) mass is 354 g/mol. The Morgan fingerprint density at radius 3 is 2.69 bits per heavy atom. The number of carbonyl (C=O) groups excluding carboxylic acids is 2. The molecule has 4 rings (SSSR count). The molecule has 3 heterocycles. The average Bonchev–Trinajstić information content (AvgIpc) is 3.01. The normalized spacial score (nSPS) is 23.5. The number of imidazole rings is 1. The van der Waals surface area contributed by atoms with E-state index < -0.39 is 0 Å². The van der Waals surface area contributed by atoms with Crippen molar-refractivity contribution in [3.8, 4) is 0 Å². The van der Waals surface area contributed by atoms with Crippen molar-refractivity contribution in [3.63, 3.8) is 0 Å². The zero-order valence-electron chi connectivity index (χ0n) is 14.8. The maximum absolute atomic E-state index is 12.4. The summed E-state index contributed by atoms with van der Waals surface area (Å²) in [6.45, 7) is 2.14. The second-order valence-corrected chi connectivity index (χ2v) is 7.05. The first-order valence-electron chi connectivity index (χ1n) is 8.75. The molecule has 8 nitrogen and oxygen atoms in total. The van der Waals surface area contributed by atoms with E-state index in [0.717, 1.165) is 18.8 Å². The van der Waals surface area contributed by atoms with E-state index in [1.807, 2.05) is 11.9 Å². The van der Waals surface area contributed by atoms with Gasteiger partial charge in [-0.3, -0.25) is 14.6 Å². The van der Waals surface area contributed by atoms with Crippen LogP contribution >= 0.6 is 0 Å². The van der Waals surface area contributed by atoms with Gasteiger partial charge in [-0.2, -0.15) is 0 Å². The highest BCUT2D eigenvalue weighted by Gasteiger charge is 2.56. The third-order valence-electron chi connectivity index (χ3n) is 5.37. The fraction of sp³-hybridized carbons (Fsp3) is 0.444. The van der Waals surface area contributed by atoms with Crippen LogP contribution in [0.5, 0.6) is 0 Å². The van der Waals surface area contributed by atoms with Crippen LogP contribution in [0.2, 0.25) is 0 Å². The smallest absolute Gasteiger partial charge is 0.274 e. The lowest BCUT2D eigenvalue weighted by Crippen LogP contribution is -2.34. The van der Waals surface area contributed by atoms with Crippen molar-refractivity contribution >= 4 is 17.5 Å². The Hall–Kier alpha value is -2.90. The summed E-state index contributed by atoms with van der Waals surface area (Å²) >= 11 is 0. The number of carbonyl (C=O) groups is 2. The molecule has 1 aliphatic carbocycles. The molecule has 8 heteroatoms. The Balaban J connectivity index is 1.27. The summed E-state index contributed by atoms with van der Waals surface area (Å²) in [5, 5.41) is 5.97. The van der Waals surface area contributed by atoms with Crippen molar-refractivity contribution in [1.82, 2.24) is 24.8 Å². The van der Waals surface area contributed by atoms with Crippen LogP contribution in [0, 0.1) is 17.8 Å². The fourth-order valence-electron chi connectivity index (χ4n) is 3.82. The zero-order valence-corrected chi connectivity index (χ0v) is 14.8. The molecule has 0 spiro atoms. The van der Waals surface area contributed by atoms with Crippen LogP contribution in [0.15, 0.2) is 31.0 Å². The minimum Gasteiger partial charge on any atom is -0.387 e. The average molecular weight is 354 g/mol. The Kier molecular flexibility index (Phi) is 4.10. The van der Waals surface area contributed by atoms with Crippen molar-refractivity contribution in [1.29, 1.82) is 0 Å². The summed E-state index contributed by atoms with van der Waals surface area (Å²) in [7, 11) is 3.65. The number of piperidine rings is 1. The molecule has 1 saturated carbocycles. The number of amides is 2. The number of nitrogens with one attached hydrogen (secondary N) is 2. The zero-order chi connectivity index (χ0) is 18.3. The largest absolute Gasteiger partial charge is 0.387 e. The molecule has 2 amide bonds. The van der Waals surface area contributed by atoms with Crippen molar-refractivity contribution in [2.24, 2.45) is 24.8 Å². The first kappa shape index (κ1) is 16.6. The van der Waals surface area contributed by atoms with E-state index in [-0.39, 0.29) is 11.8 Å². The topological polar surface area (TPSA) is 92.2 Å². The first-order chi connectivity index (χ1) is 12.6.